The molecule has 1 N–H and O–H groups in total. The Morgan fingerprint density at radius 3 is 2.90 bits per heavy atom. The summed E-state index contributed by atoms with van der Waals surface area (Å²) in [6.45, 7) is 5.27. The Morgan fingerprint density at radius 1 is 1.52 bits per heavy atom. The molecule has 1 aliphatic heterocycles. The van der Waals surface area contributed by atoms with Crippen molar-refractivity contribution in [3.63, 3.8) is 0 Å². The van der Waals surface area contributed by atoms with Gasteiger partial charge in [-0.15, -0.1) is 0 Å². The molecule has 1 aromatic carbocycles. The first-order chi connectivity index (χ1) is 10.1. The van der Waals surface area contributed by atoms with Crippen molar-refractivity contribution in [1.82, 2.24) is 5.32 Å². The number of anilines is 1. The first-order valence-electron chi connectivity index (χ1n) is 7.54. The molecular weight excluding hydrogens is 381 g/mol. The lowest BCUT2D eigenvalue weighted by Gasteiger charge is -2.28. The maximum Gasteiger partial charge on any atom is 0.270 e. The van der Waals surface area contributed by atoms with Crippen LogP contribution in [0.2, 0.25) is 0 Å². The minimum atomic E-state index is -0.332. The number of hydrogen-bond donors (Lipinski definition) is 1. The van der Waals surface area contributed by atoms with Crippen molar-refractivity contribution in [1.29, 1.82) is 0 Å². The summed E-state index contributed by atoms with van der Waals surface area (Å²) in [5.74, 6) is 0. The Morgan fingerprint density at radius 2 is 2.33 bits per heavy atom. The van der Waals surface area contributed by atoms with Gasteiger partial charge in [-0.1, -0.05) is 13.3 Å². The highest BCUT2D eigenvalue weighted by Crippen LogP contribution is 2.28. The van der Waals surface area contributed by atoms with Crippen molar-refractivity contribution in [2.75, 3.05) is 24.5 Å². The average molecular weight is 403 g/mol. The van der Waals surface area contributed by atoms with Crippen LogP contribution in [0.25, 0.3) is 0 Å². The fourth-order valence-corrected chi connectivity index (χ4v) is 3.54. The van der Waals surface area contributed by atoms with Gasteiger partial charge in [-0.2, -0.15) is 0 Å². The molecule has 0 bridgehead atoms. The number of non-ortho nitro benzene ring substituents is 1. The third-order valence-corrected chi connectivity index (χ3v) is 4.73. The Balaban J connectivity index is 2.16. The van der Waals surface area contributed by atoms with Crippen LogP contribution in [-0.4, -0.2) is 30.6 Å². The monoisotopic (exact) mass is 403 g/mol. The van der Waals surface area contributed by atoms with Gasteiger partial charge in [0.05, 0.1) is 10.6 Å². The van der Waals surface area contributed by atoms with Gasteiger partial charge in [0.1, 0.15) is 0 Å². The first kappa shape index (κ1) is 16.5. The molecule has 0 aliphatic carbocycles. The van der Waals surface area contributed by atoms with E-state index in [2.05, 4.69) is 39.7 Å². The van der Waals surface area contributed by atoms with Crippen molar-refractivity contribution >= 4 is 34.0 Å². The molecule has 1 saturated heterocycles. The topological polar surface area (TPSA) is 58.4 Å². The summed E-state index contributed by atoms with van der Waals surface area (Å²) < 4.78 is 0.955. The van der Waals surface area contributed by atoms with Crippen LogP contribution in [0, 0.1) is 13.7 Å². The molecule has 0 spiro atoms. The lowest BCUT2D eigenvalue weighted by Crippen LogP contribution is -2.38. The van der Waals surface area contributed by atoms with Crippen molar-refractivity contribution in [3.8, 4) is 0 Å². The Bertz CT molecular complexity index is 490. The van der Waals surface area contributed by atoms with Gasteiger partial charge in [0.2, 0.25) is 0 Å². The van der Waals surface area contributed by atoms with E-state index in [1.807, 2.05) is 6.07 Å². The maximum atomic E-state index is 10.9. The molecule has 0 aromatic heterocycles. The Kier molecular flexibility index (Phi) is 6.22. The van der Waals surface area contributed by atoms with Crippen LogP contribution in [0.15, 0.2) is 18.2 Å². The zero-order valence-corrected chi connectivity index (χ0v) is 14.5. The summed E-state index contributed by atoms with van der Waals surface area (Å²) in [5.41, 5.74) is 1.28. The molecule has 2 rings (SSSR count). The van der Waals surface area contributed by atoms with E-state index in [0.717, 1.165) is 41.7 Å². The highest BCUT2D eigenvalue weighted by Gasteiger charge is 2.20. The Hall–Kier alpha value is -0.890. The second-order valence-electron chi connectivity index (χ2n) is 5.49. The minimum Gasteiger partial charge on any atom is -0.369 e. The van der Waals surface area contributed by atoms with E-state index in [1.54, 1.807) is 12.1 Å². The molecule has 1 atom stereocenters. The van der Waals surface area contributed by atoms with Crippen molar-refractivity contribution in [3.05, 3.63) is 31.9 Å². The largest absolute Gasteiger partial charge is 0.369 e. The summed E-state index contributed by atoms with van der Waals surface area (Å²) in [7, 11) is 0. The van der Waals surface area contributed by atoms with Gasteiger partial charge in [0.25, 0.3) is 5.69 Å². The summed E-state index contributed by atoms with van der Waals surface area (Å²) >= 11 is 2.21. The molecule has 0 radical (unpaired) electrons. The molecule has 1 aromatic rings. The maximum absolute atomic E-state index is 10.9. The number of nitrogens with zero attached hydrogens (tertiary/aromatic N) is 2. The van der Waals surface area contributed by atoms with E-state index in [1.165, 1.54) is 12.8 Å². The molecule has 1 unspecified atom stereocenters. The summed E-state index contributed by atoms with van der Waals surface area (Å²) in [6, 6.07) is 5.70. The third-order valence-electron chi connectivity index (χ3n) is 3.87. The average Bonchev–Trinajstić information content (AvgIpc) is 2.96. The van der Waals surface area contributed by atoms with Crippen LogP contribution in [0.4, 0.5) is 11.4 Å². The van der Waals surface area contributed by atoms with Gasteiger partial charge in [-0.05, 0) is 54.5 Å². The fourth-order valence-electron chi connectivity index (χ4n) is 2.70. The predicted molar refractivity (Wildman–Crippen MR) is 94.0 cm³/mol. The second-order valence-corrected chi connectivity index (χ2v) is 6.65. The van der Waals surface area contributed by atoms with Crippen molar-refractivity contribution in [2.24, 2.45) is 0 Å². The normalized spacial score (nSPS) is 17.9. The molecule has 21 heavy (non-hydrogen) atoms. The lowest BCUT2D eigenvalue weighted by molar-refractivity contribution is -0.384. The highest BCUT2D eigenvalue weighted by molar-refractivity contribution is 14.1. The fraction of sp³-hybridized carbons (Fsp3) is 0.600. The van der Waals surface area contributed by atoms with Gasteiger partial charge in [0, 0.05) is 34.8 Å². The van der Waals surface area contributed by atoms with Gasteiger partial charge >= 0.3 is 0 Å². The van der Waals surface area contributed by atoms with Crippen molar-refractivity contribution < 1.29 is 4.92 Å². The highest BCUT2D eigenvalue weighted by atomic mass is 127. The Labute approximate surface area is 139 Å². The van der Waals surface area contributed by atoms with Crippen LogP contribution in [0.5, 0.6) is 0 Å². The summed E-state index contributed by atoms with van der Waals surface area (Å²) in [4.78, 5) is 12.9. The molecule has 6 heteroatoms. The van der Waals surface area contributed by atoms with Gasteiger partial charge in [-0.3, -0.25) is 10.1 Å². The first-order valence-corrected chi connectivity index (χ1v) is 8.62. The van der Waals surface area contributed by atoms with Gasteiger partial charge < -0.3 is 10.2 Å². The number of hydrogen-bond acceptors (Lipinski definition) is 4. The molecular formula is C15H22IN3O2. The SMILES string of the molecule is CCCCN(CC1CCCN1)c1ccc([N+](=O)[O-])cc1I. The molecule has 5 nitrogen and oxygen atoms in total. The number of rotatable bonds is 7. The molecule has 1 aliphatic rings. The zero-order chi connectivity index (χ0) is 15.2. The van der Waals surface area contributed by atoms with Crippen LogP contribution in [0.1, 0.15) is 32.6 Å². The number of nitro groups is 1. The standard InChI is InChI=1S/C15H22IN3O2/c1-2-3-9-18(11-12-5-4-8-17-12)15-7-6-13(19(20)21)10-14(15)16/h6-7,10,12,17H,2-5,8-9,11H2,1H3. The number of nitro benzene ring substituents is 1. The van der Waals surface area contributed by atoms with Gasteiger partial charge in [-0.25, -0.2) is 0 Å². The quantitative estimate of drug-likeness (QED) is 0.430. The zero-order valence-electron chi connectivity index (χ0n) is 12.3. The smallest absolute Gasteiger partial charge is 0.270 e. The summed E-state index contributed by atoms with van der Waals surface area (Å²) in [6.07, 6.45) is 4.74. The minimum absolute atomic E-state index is 0.164. The lowest BCUT2D eigenvalue weighted by atomic mass is 10.1. The number of halogens is 1. The van der Waals surface area contributed by atoms with E-state index in [9.17, 15) is 10.1 Å². The number of nitrogens with one attached hydrogen (secondary N) is 1. The molecule has 0 saturated carbocycles. The third kappa shape index (κ3) is 4.54. The van der Waals surface area contributed by atoms with Crippen LogP contribution in [0.3, 0.4) is 0 Å². The van der Waals surface area contributed by atoms with E-state index >= 15 is 0 Å². The van der Waals surface area contributed by atoms with Crippen LogP contribution >= 0.6 is 22.6 Å². The van der Waals surface area contributed by atoms with E-state index in [-0.39, 0.29) is 10.6 Å². The van der Waals surface area contributed by atoms with Crippen LogP contribution < -0.4 is 10.2 Å². The number of unbranched alkanes of at least 4 members (excludes halogenated alkanes) is 1. The number of benzene rings is 1. The van der Waals surface area contributed by atoms with Crippen LogP contribution in [-0.2, 0) is 0 Å². The van der Waals surface area contributed by atoms with E-state index in [4.69, 9.17) is 0 Å². The van der Waals surface area contributed by atoms with E-state index < -0.39 is 0 Å². The second kappa shape index (κ2) is 7.93. The molecule has 1 heterocycles. The molecule has 1 fully saturated rings. The van der Waals surface area contributed by atoms with E-state index in [0.29, 0.717) is 6.04 Å². The van der Waals surface area contributed by atoms with Crippen molar-refractivity contribution in [2.45, 2.75) is 38.6 Å². The molecule has 116 valence electrons. The predicted octanol–water partition coefficient (Wildman–Crippen LogP) is 3.56. The van der Waals surface area contributed by atoms with Gasteiger partial charge in [0.15, 0.2) is 0 Å². The summed E-state index contributed by atoms with van der Waals surface area (Å²) in [5, 5.41) is 14.4. The molecule has 0 amide bonds.